The molecule has 3 aromatic carbocycles. The molecule has 1 aromatic heterocycles. The third-order valence-electron chi connectivity index (χ3n) is 6.41. The average molecular weight is 597 g/mol. The Morgan fingerprint density at radius 2 is 1.45 bits per heavy atom. The number of nitrogens with one attached hydrogen (secondary N) is 1. The van der Waals surface area contributed by atoms with Crippen molar-refractivity contribution in [1.29, 1.82) is 0 Å². The summed E-state index contributed by atoms with van der Waals surface area (Å²) in [6.07, 6.45) is 0. The maximum atomic E-state index is 11.3. The number of halogens is 1. The van der Waals surface area contributed by atoms with Crippen molar-refractivity contribution < 1.29 is 19.6 Å². The zero-order chi connectivity index (χ0) is 27.0. The number of carboxylic acids is 1. The maximum Gasteiger partial charge on any atom is 0.339 e. The summed E-state index contributed by atoms with van der Waals surface area (Å²) in [7, 11) is 0. The van der Waals surface area contributed by atoms with Gasteiger partial charge >= 0.3 is 11.1 Å². The van der Waals surface area contributed by atoms with Gasteiger partial charge in [-0.05, 0) is 52.8 Å². The number of nitrogens with zero attached hydrogens (tertiary/aromatic N) is 1. The van der Waals surface area contributed by atoms with E-state index in [1.54, 1.807) is 23.5 Å². The molecule has 38 heavy (non-hydrogen) atoms. The average Bonchev–Trinajstić information content (AvgIpc) is 3.20. The molecule has 4 rings (SSSR count). The molecule has 3 N–H and O–H groups in total. The van der Waals surface area contributed by atoms with E-state index in [4.69, 9.17) is 0 Å². The number of rotatable bonds is 6. The minimum atomic E-state index is -0.935. The molecule has 0 atom stereocenters. The number of hydrogen-bond acceptors (Lipinski definition) is 4. The van der Waals surface area contributed by atoms with Crippen molar-refractivity contribution in [2.45, 2.75) is 58.9 Å². The number of para-hydroxylation sites is 1. The fourth-order valence-electron chi connectivity index (χ4n) is 4.33. The first-order chi connectivity index (χ1) is 17.3. The molecule has 0 bridgehead atoms. The van der Waals surface area contributed by atoms with Gasteiger partial charge < -0.3 is 10.2 Å². The molecular weight excluding hydrogens is 560 g/mol. The Kier molecular flexibility index (Phi) is 8.74. The number of carbonyl (C=O) groups is 1. The van der Waals surface area contributed by atoms with Gasteiger partial charge in [0.1, 0.15) is 23.7 Å². The van der Waals surface area contributed by atoms with E-state index in [1.807, 2.05) is 42.5 Å². The van der Waals surface area contributed by atoms with Gasteiger partial charge in [0.15, 0.2) is 0 Å². The summed E-state index contributed by atoms with van der Waals surface area (Å²) in [6, 6.07) is 21.3. The van der Waals surface area contributed by atoms with E-state index in [1.165, 1.54) is 0 Å². The van der Waals surface area contributed by atoms with E-state index in [2.05, 4.69) is 68.9 Å². The first-order valence-corrected chi connectivity index (χ1v) is 13.3. The van der Waals surface area contributed by atoms with Crippen molar-refractivity contribution >= 4 is 45.1 Å². The second kappa shape index (κ2) is 11.3. The molecule has 0 unspecified atom stereocenters. The Balaban J connectivity index is 0.00000400. The minimum Gasteiger partial charge on any atom is -0.507 e. The number of benzene rings is 3. The molecule has 5 nitrogen and oxygen atoms in total. The lowest BCUT2D eigenvalue weighted by atomic mass is 9.78. The zero-order valence-corrected chi connectivity index (χ0v) is 25.2. The number of aromatic carboxylic acids is 1. The molecule has 1 heterocycles. The molecule has 7 heteroatoms. The van der Waals surface area contributed by atoms with E-state index < -0.39 is 5.97 Å². The molecule has 0 aliphatic carbocycles. The fourth-order valence-corrected chi connectivity index (χ4v) is 5.29. The molecule has 0 spiro atoms. The van der Waals surface area contributed by atoms with Gasteiger partial charge in [0.2, 0.25) is 0 Å². The van der Waals surface area contributed by atoms with Crippen LogP contribution in [0.4, 0.5) is 10.8 Å². The smallest absolute Gasteiger partial charge is 0.339 e. The van der Waals surface area contributed by atoms with Gasteiger partial charge in [-0.25, -0.2) is 14.7 Å². The van der Waals surface area contributed by atoms with Crippen LogP contribution in [0.5, 0.6) is 5.75 Å². The summed E-state index contributed by atoms with van der Waals surface area (Å²) in [5.74, 6) is -0.576. The van der Waals surface area contributed by atoms with Gasteiger partial charge in [0.05, 0.1) is 5.56 Å². The van der Waals surface area contributed by atoms with Crippen LogP contribution in [0.3, 0.4) is 0 Å². The lowest BCUT2D eigenvalue weighted by molar-refractivity contribution is -0.659. The van der Waals surface area contributed by atoms with Crippen LogP contribution in [0.2, 0.25) is 0 Å². The second-order valence-electron chi connectivity index (χ2n) is 11.4. The lowest BCUT2D eigenvalue weighted by Crippen LogP contribution is -2.37. The standard InChI is InChI=1S/C31H34N2O3S.BrH/c1-30(2,3)24-16-22(17-25(27(24)34)31(4,5)6)26-19-37-29(32-23-10-8-7-9-11-23)33(26)18-20-12-14-21(15-13-20)28(35)36;/h7-17,19H,18H2,1-6H3,(H2,34,35,36);1H/p+1. The highest BCUT2D eigenvalue weighted by Crippen LogP contribution is 2.42. The summed E-state index contributed by atoms with van der Waals surface area (Å²) in [5.41, 5.74) is 5.67. The number of hydrogen-bond donors (Lipinski definition) is 3. The van der Waals surface area contributed by atoms with Crippen LogP contribution in [-0.4, -0.2) is 16.2 Å². The zero-order valence-electron chi connectivity index (χ0n) is 22.7. The van der Waals surface area contributed by atoms with E-state index in [-0.39, 0.29) is 33.4 Å². The minimum absolute atomic E-state index is 0. The van der Waals surface area contributed by atoms with E-state index in [0.29, 0.717) is 12.3 Å². The van der Waals surface area contributed by atoms with Crippen molar-refractivity contribution in [3.05, 3.63) is 94.4 Å². The van der Waals surface area contributed by atoms with Crippen molar-refractivity contribution in [2.24, 2.45) is 0 Å². The van der Waals surface area contributed by atoms with Crippen LogP contribution in [0.1, 0.15) is 68.6 Å². The van der Waals surface area contributed by atoms with Crippen LogP contribution in [-0.2, 0) is 17.4 Å². The molecule has 0 aliphatic rings. The molecule has 0 saturated heterocycles. The normalized spacial score (nSPS) is 11.6. The molecule has 0 amide bonds. The van der Waals surface area contributed by atoms with Crippen LogP contribution in [0.15, 0.2) is 72.1 Å². The second-order valence-corrected chi connectivity index (χ2v) is 12.3. The van der Waals surface area contributed by atoms with Crippen LogP contribution < -0.4 is 9.88 Å². The van der Waals surface area contributed by atoms with Gasteiger partial charge in [-0.15, -0.1) is 17.0 Å². The number of carboxylic acid groups (broad SMARTS) is 1. The highest BCUT2D eigenvalue weighted by atomic mass is 79.9. The SMILES string of the molecule is Br.CC(C)(C)c1cc(-c2csc(Nc3ccccc3)[n+]2Cc2ccc(C(=O)O)cc2)cc(C(C)(C)C)c1O. The Hall–Kier alpha value is -3.16. The van der Waals surface area contributed by atoms with Crippen LogP contribution >= 0.6 is 28.3 Å². The third-order valence-corrected chi connectivity index (χ3v) is 7.29. The third kappa shape index (κ3) is 6.45. The van der Waals surface area contributed by atoms with Crippen LogP contribution in [0, 0.1) is 0 Å². The maximum absolute atomic E-state index is 11.3. The highest BCUT2D eigenvalue weighted by Gasteiger charge is 2.29. The Bertz CT molecular complexity index is 1380. The van der Waals surface area contributed by atoms with Crippen molar-refractivity contribution in [2.75, 3.05) is 5.32 Å². The van der Waals surface area contributed by atoms with Crippen molar-refractivity contribution in [3.8, 4) is 17.0 Å². The van der Waals surface area contributed by atoms with E-state index in [9.17, 15) is 15.0 Å². The number of aromatic hydroxyl groups is 1. The van der Waals surface area contributed by atoms with Crippen LogP contribution in [0.25, 0.3) is 11.3 Å². The summed E-state index contributed by atoms with van der Waals surface area (Å²) >= 11 is 1.62. The number of phenolic OH excluding ortho intramolecular Hbond substituents is 1. The quantitative estimate of drug-likeness (QED) is 0.197. The molecule has 0 saturated carbocycles. The van der Waals surface area contributed by atoms with Gasteiger partial charge in [-0.2, -0.15) is 0 Å². The van der Waals surface area contributed by atoms with Crippen molar-refractivity contribution in [1.82, 2.24) is 0 Å². The van der Waals surface area contributed by atoms with Gasteiger partial charge in [-0.1, -0.05) is 83.2 Å². The molecule has 0 fully saturated rings. The summed E-state index contributed by atoms with van der Waals surface area (Å²) < 4.78 is 2.22. The number of anilines is 2. The lowest BCUT2D eigenvalue weighted by Gasteiger charge is -2.28. The fraction of sp³-hybridized carbons (Fsp3) is 0.290. The summed E-state index contributed by atoms with van der Waals surface area (Å²) in [5, 5.41) is 27.2. The molecule has 0 radical (unpaired) electrons. The van der Waals surface area contributed by atoms with Crippen molar-refractivity contribution in [3.63, 3.8) is 0 Å². The molecule has 200 valence electrons. The largest absolute Gasteiger partial charge is 0.507 e. The first-order valence-electron chi connectivity index (χ1n) is 12.4. The predicted octanol–water partition coefficient (Wildman–Crippen LogP) is 8.07. The highest BCUT2D eigenvalue weighted by molar-refractivity contribution is 8.93. The predicted molar refractivity (Wildman–Crippen MR) is 162 cm³/mol. The van der Waals surface area contributed by atoms with E-state index in [0.717, 1.165) is 38.8 Å². The Morgan fingerprint density at radius 1 is 0.895 bits per heavy atom. The first kappa shape index (κ1) is 29.4. The Labute approximate surface area is 239 Å². The number of aromatic nitrogens is 1. The number of phenols is 1. The van der Waals surface area contributed by atoms with E-state index >= 15 is 0 Å². The molecule has 0 aliphatic heterocycles. The molecule has 4 aromatic rings. The summed E-state index contributed by atoms with van der Waals surface area (Å²) in [6.45, 7) is 13.3. The van der Waals surface area contributed by atoms with Gasteiger partial charge in [0, 0.05) is 22.1 Å². The van der Waals surface area contributed by atoms with Gasteiger partial charge in [0.25, 0.3) is 0 Å². The van der Waals surface area contributed by atoms with Gasteiger partial charge in [-0.3, -0.25) is 0 Å². The topological polar surface area (TPSA) is 73.4 Å². The Morgan fingerprint density at radius 3 is 1.95 bits per heavy atom. The summed E-state index contributed by atoms with van der Waals surface area (Å²) in [4.78, 5) is 11.3. The number of thiazole rings is 1. The molecular formula is C31H36BrN2O3S+. The monoisotopic (exact) mass is 595 g/mol.